The molecule has 1 aromatic carbocycles. The highest BCUT2D eigenvalue weighted by Crippen LogP contribution is 2.36. The fourth-order valence-electron chi connectivity index (χ4n) is 4.64. The highest BCUT2D eigenvalue weighted by Gasteiger charge is 2.35. The van der Waals surface area contributed by atoms with Gasteiger partial charge in [-0.2, -0.15) is 0 Å². The molecular weight excluding hydrogens is 382 g/mol. The van der Waals surface area contributed by atoms with Crippen molar-refractivity contribution in [2.45, 2.75) is 76.0 Å². The van der Waals surface area contributed by atoms with Crippen molar-refractivity contribution < 1.29 is 9.21 Å². The number of carbonyl (C=O) groups is 1. The quantitative estimate of drug-likeness (QED) is 0.636. The van der Waals surface area contributed by atoms with Gasteiger partial charge < -0.3 is 9.32 Å². The summed E-state index contributed by atoms with van der Waals surface area (Å²) >= 11 is 1.35. The number of amides is 1. The number of fused-ring (bicyclic) bond motifs is 1. The molecule has 0 radical (unpaired) electrons. The van der Waals surface area contributed by atoms with E-state index in [1.807, 2.05) is 12.1 Å². The number of benzene rings is 1. The molecule has 29 heavy (non-hydrogen) atoms. The molecule has 1 saturated carbocycles. The molecule has 2 atom stereocenters. The lowest BCUT2D eigenvalue weighted by Crippen LogP contribution is -2.50. The van der Waals surface area contributed by atoms with Gasteiger partial charge in [0.1, 0.15) is 0 Å². The molecule has 2 heterocycles. The second kappa shape index (κ2) is 8.50. The normalized spacial score (nSPS) is 22.4. The molecule has 4 rings (SSSR count). The van der Waals surface area contributed by atoms with Gasteiger partial charge in [-0.1, -0.05) is 57.5 Å². The van der Waals surface area contributed by atoms with E-state index in [-0.39, 0.29) is 11.3 Å². The van der Waals surface area contributed by atoms with E-state index in [9.17, 15) is 4.79 Å². The molecule has 1 aliphatic heterocycles. The summed E-state index contributed by atoms with van der Waals surface area (Å²) in [6.45, 7) is 7.48. The van der Waals surface area contributed by atoms with Crippen LogP contribution in [0.2, 0.25) is 0 Å². The molecular formula is C23H31N3O2S. The predicted octanol–water partition coefficient (Wildman–Crippen LogP) is 5.31. The SMILES string of the molecule is CC(C)(C)c1ccc(-c2nnc(SCC(=O)N3CCC[C@@H]4CCCC[C@H]43)o2)cc1. The summed E-state index contributed by atoms with van der Waals surface area (Å²) in [5.74, 6) is 1.79. The zero-order valence-electron chi connectivity index (χ0n) is 17.7. The van der Waals surface area contributed by atoms with Crippen molar-refractivity contribution in [3.05, 3.63) is 29.8 Å². The Labute approximate surface area is 177 Å². The molecule has 1 amide bonds. The minimum Gasteiger partial charge on any atom is -0.411 e. The molecule has 2 fully saturated rings. The first kappa shape index (κ1) is 20.5. The number of hydrogen-bond acceptors (Lipinski definition) is 5. The Balaban J connectivity index is 1.36. The second-order valence-electron chi connectivity index (χ2n) is 9.33. The third-order valence-electron chi connectivity index (χ3n) is 6.29. The van der Waals surface area contributed by atoms with Crippen LogP contribution in [0.5, 0.6) is 0 Å². The van der Waals surface area contributed by atoms with Gasteiger partial charge in [-0.05, 0) is 54.7 Å². The van der Waals surface area contributed by atoms with E-state index >= 15 is 0 Å². The van der Waals surface area contributed by atoms with Gasteiger partial charge in [-0.25, -0.2) is 0 Å². The van der Waals surface area contributed by atoms with Gasteiger partial charge in [0.2, 0.25) is 11.8 Å². The molecule has 1 aromatic heterocycles. The van der Waals surface area contributed by atoms with E-state index in [1.165, 1.54) is 43.0 Å². The van der Waals surface area contributed by atoms with Gasteiger partial charge in [0, 0.05) is 18.2 Å². The van der Waals surface area contributed by atoms with Crippen LogP contribution in [-0.4, -0.2) is 39.3 Å². The van der Waals surface area contributed by atoms with E-state index < -0.39 is 0 Å². The Hall–Kier alpha value is -1.82. The molecule has 2 aliphatic rings. The van der Waals surface area contributed by atoms with Crippen LogP contribution in [0.4, 0.5) is 0 Å². The third-order valence-corrected chi connectivity index (χ3v) is 7.09. The van der Waals surface area contributed by atoms with Gasteiger partial charge in [0.15, 0.2) is 0 Å². The molecule has 156 valence electrons. The number of thioether (sulfide) groups is 1. The largest absolute Gasteiger partial charge is 0.411 e. The number of nitrogens with zero attached hydrogens (tertiary/aromatic N) is 3. The van der Waals surface area contributed by atoms with E-state index in [0.717, 1.165) is 24.9 Å². The highest BCUT2D eigenvalue weighted by atomic mass is 32.2. The summed E-state index contributed by atoms with van der Waals surface area (Å²) in [4.78, 5) is 15.0. The van der Waals surface area contributed by atoms with Gasteiger partial charge in [0.05, 0.1) is 5.75 Å². The Morgan fingerprint density at radius 1 is 1.10 bits per heavy atom. The van der Waals surface area contributed by atoms with Crippen molar-refractivity contribution >= 4 is 17.7 Å². The Morgan fingerprint density at radius 3 is 2.59 bits per heavy atom. The van der Waals surface area contributed by atoms with E-state index in [0.29, 0.717) is 28.8 Å². The number of piperidine rings is 1. The second-order valence-corrected chi connectivity index (χ2v) is 10.3. The topological polar surface area (TPSA) is 59.2 Å². The maximum Gasteiger partial charge on any atom is 0.277 e. The Kier molecular flexibility index (Phi) is 6.00. The van der Waals surface area contributed by atoms with Crippen LogP contribution in [0.1, 0.15) is 64.9 Å². The summed E-state index contributed by atoms with van der Waals surface area (Å²) in [5.41, 5.74) is 2.29. The first-order chi connectivity index (χ1) is 13.9. The van der Waals surface area contributed by atoms with Gasteiger partial charge in [-0.15, -0.1) is 10.2 Å². The summed E-state index contributed by atoms with van der Waals surface area (Å²) < 4.78 is 5.81. The van der Waals surface area contributed by atoms with Crippen molar-refractivity contribution in [1.82, 2.24) is 15.1 Å². The fraction of sp³-hybridized carbons (Fsp3) is 0.609. The average Bonchev–Trinajstić information content (AvgIpc) is 3.20. The van der Waals surface area contributed by atoms with E-state index in [2.05, 4.69) is 48.0 Å². The number of rotatable bonds is 4. The van der Waals surface area contributed by atoms with Crippen LogP contribution in [0.25, 0.3) is 11.5 Å². The molecule has 6 heteroatoms. The predicted molar refractivity (Wildman–Crippen MR) is 116 cm³/mol. The number of carbonyl (C=O) groups excluding carboxylic acids is 1. The molecule has 2 aromatic rings. The van der Waals surface area contributed by atoms with Gasteiger partial charge >= 0.3 is 0 Å². The molecule has 1 saturated heterocycles. The Bertz CT molecular complexity index is 839. The fourth-order valence-corrected chi connectivity index (χ4v) is 5.29. The number of hydrogen-bond donors (Lipinski definition) is 0. The number of aromatic nitrogens is 2. The van der Waals surface area contributed by atoms with Crippen LogP contribution >= 0.6 is 11.8 Å². The lowest BCUT2D eigenvalue weighted by Gasteiger charge is -2.44. The Morgan fingerprint density at radius 2 is 1.83 bits per heavy atom. The molecule has 0 bridgehead atoms. The van der Waals surface area contributed by atoms with E-state index in [4.69, 9.17) is 4.42 Å². The highest BCUT2D eigenvalue weighted by molar-refractivity contribution is 7.99. The third kappa shape index (κ3) is 4.68. The van der Waals surface area contributed by atoms with Gasteiger partial charge in [-0.3, -0.25) is 4.79 Å². The lowest BCUT2D eigenvalue weighted by atomic mass is 9.78. The molecule has 0 unspecified atom stereocenters. The lowest BCUT2D eigenvalue weighted by molar-refractivity contribution is -0.134. The summed E-state index contributed by atoms with van der Waals surface area (Å²) in [6.07, 6.45) is 7.42. The van der Waals surface area contributed by atoms with Crippen molar-refractivity contribution in [3.63, 3.8) is 0 Å². The summed E-state index contributed by atoms with van der Waals surface area (Å²) in [6, 6.07) is 8.69. The van der Waals surface area contributed by atoms with Crippen molar-refractivity contribution in [2.24, 2.45) is 5.92 Å². The molecule has 0 spiro atoms. The minimum absolute atomic E-state index is 0.112. The average molecular weight is 414 g/mol. The molecule has 1 aliphatic carbocycles. The zero-order chi connectivity index (χ0) is 20.4. The first-order valence-electron chi connectivity index (χ1n) is 10.8. The van der Waals surface area contributed by atoms with Crippen LogP contribution in [0.15, 0.2) is 33.9 Å². The monoisotopic (exact) mass is 413 g/mol. The first-order valence-corrected chi connectivity index (χ1v) is 11.8. The van der Waals surface area contributed by atoms with Gasteiger partial charge in [0.25, 0.3) is 5.22 Å². The van der Waals surface area contributed by atoms with Crippen molar-refractivity contribution in [2.75, 3.05) is 12.3 Å². The summed E-state index contributed by atoms with van der Waals surface area (Å²) in [7, 11) is 0. The van der Waals surface area contributed by atoms with Crippen LogP contribution in [0.3, 0.4) is 0 Å². The zero-order valence-corrected chi connectivity index (χ0v) is 18.5. The number of likely N-dealkylation sites (tertiary alicyclic amines) is 1. The van der Waals surface area contributed by atoms with Crippen molar-refractivity contribution in [3.8, 4) is 11.5 Å². The van der Waals surface area contributed by atoms with Crippen LogP contribution in [-0.2, 0) is 10.2 Å². The van der Waals surface area contributed by atoms with Crippen molar-refractivity contribution in [1.29, 1.82) is 0 Å². The van der Waals surface area contributed by atoms with Crippen LogP contribution in [0, 0.1) is 5.92 Å². The minimum atomic E-state index is 0.112. The summed E-state index contributed by atoms with van der Waals surface area (Å²) in [5, 5.41) is 8.77. The molecule has 5 nitrogen and oxygen atoms in total. The molecule has 0 N–H and O–H groups in total. The van der Waals surface area contributed by atoms with E-state index in [1.54, 1.807) is 0 Å². The maximum atomic E-state index is 12.8. The van der Waals surface area contributed by atoms with Crippen LogP contribution < -0.4 is 0 Å². The maximum absolute atomic E-state index is 12.8. The smallest absolute Gasteiger partial charge is 0.277 e. The standard InChI is InChI=1S/C23H31N3O2S/c1-23(2,3)18-12-10-17(11-13-18)21-24-25-22(28-21)29-15-20(27)26-14-6-8-16-7-4-5-9-19(16)26/h10-13,16,19H,4-9,14-15H2,1-3H3/t16-,19+/m0/s1.